The minimum atomic E-state index is -0.0517. The molecule has 2 aliphatic heterocycles. The molecule has 2 saturated heterocycles. The van der Waals surface area contributed by atoms with E-state index in [1.165, 1.54) is 19.3 Å². The third-order valence-corrected chi connectivity index (χ3v) is 6.56. The van der Waals surface area contributed by atoms with Crippen LogP contribution in [0.2, 0.25) is 0 Å². The summed E-state index contributed by atoms with van der Waals surface area (Å²) in [4.78, 5) is 19.2. The average molecular weight is 384 g/mol. The molecule has 0 radical (unpaired) electrons. The molecule has 0 aromatic carbocycles. The first-order valence-corrected chi connectivity index (χ1v) is 10.5. The van der Waals surface area contributed by atoms with Crippen LogP contribution in [-0.4, -0.2) is 57.2 Å². The Morgan fingerprint density at radius 2 is 2.00 bits per heavy atom. The molecule has 3 aliphatic rings. The van der Waals surface area contributed by atoms with Crippen molar-refractivity contribution in [3.63, 3.8) is 0 Å². The first-order chi connectivity index (χ1) is 13.8. The molecule has 3 unspecified atom stereocenters. The topological polar surface area (TPSA) is 83.8 Å². The summed E-state index contributed by atoms with van der Waals surface area (Å²) >= 11 is 0. The Morgan fingerprint density at radius 3 is 2.89 bits per heavy atom. The molecule has 2 N–H and O–H groups in total. The number of rotatable bonds is 4. The smallest absolute Gasteiger partial charge is 0.241 e. The lowest BCUT2D eigenvalue weighted by Gasteiger charge is -2.35. The van der Waals surface area contributed by atoms with Gasteiger partial charge in [0.05, 0.1) is 6.61 Å². The monoisotopic (exact) mass is 384 g/mol. The van der Waals surface area contributed by atoms with Gasteiger partial charge in [0.15, 0.2) is 5.65 Å². The van der Waals surface area contributed by atoms with Gasteiger partial charge in [-0.1, -0.05) is 12.8 Å². The van der Waals surface area contributed by atoms with Gasteiger partial charge in [-0.2, -0.15) is 0 Å². The van der Waals surface area contributed by atoms with Crippen LogP contribution < -0.4 is 15.6 Å². The van der Waals surface area contributed by atoms with Gasteiger partial charge in [0.25, 0.3) is 0 Å². The fourth-order valence-electron chi connectivity index (χ4n) is 4.88. The second-order valence-electron chi connectivity index (χ2n) is 8.30. The van der Waals surface area contributed by atoms with Crippen LogP contribution >= 0.6 is 0 Å². The van der Waals surface area contributed by atoms with E-state index in [4.69, 9.17) is 4.74 Å². The zero-order valence-electron chi connectivity index (χ0n) is 16.1. The Labute approximate surface area is 164 Å². The highest BCUT2D eigenvalue weighted by molar-refractivity contribution is 5.82. The Morgan fingerprint density at radius 1 is 1.14 bits per heavy atom. The summed E-state index contributed by atoms with van der Waals surface area (Å²) in [5, 5.41) is 4.41. The summed E-state index contributed by atoms with van der Waals surface area (Å²) < 4.78 is 7.62. The van der Waals surface area contributed by atoms with Gasteiger partial charge in [0, 0.05) is 43.5 Å². The zero-order chi connectivity index (χ0) is 18.9. The van der Waals surface area contributed by atoms with Gasteiger partial charge in [0.1, 0.15) is 6.04 Å². The first kappa shape index (κ1) is 17.9. The number of carbonyl (C=O) groups excluding carboxylic acids is 1. The average Bonchev–Trinajstić information content (AvgIpc) is 3.38. The van der Waals surface area contributed by atoms with Gasteiger partial charge in [0.2, 0.25) is 11.8 Å². The maximum absolute atomic E-state index is 13.0. The van der Waals surface area contributed by atoms with Crippen molar-refractivity contribution in [2.45, 2.75) is 50.6 Å². The summed E-state index contributed by atoms with van der Waals surface area (Å²) in [5.74, 6) is 1.80. The highest BCUT2D eigenvalue weighted by Crippen LogP contribution is 2.31. The normalized spacial score (nSPS) is 28.4. The molecule has 150 valence electrons. The predicted octanol–water partition coefficient (Wildman–Crippen LogP) is 1.38. The van der Waals surface area contributed by atoms with Crippen LogP contribution in [0, 0.1) is 11.8 Å². The van der Waals surface area contributed by atoms with E-state index in [0.29, 0.717) is 30.4 Å². The molecule has 0 bridgehead atoms. The van der Waals surface area contributed by atoms with Crippen LogP contribution in [0.4, 0.5) is 0 Å². The Hall–Kier alpha value is -2.19. The van der Waals surface area contributed by atoms with Crippen molar-refractivity contribution < 1.29 is 9.53 Å². The lowest BCUT2D eigenvalue weighted by Crippen LogP contribution is -2.50. The SMILES string of the molecule is O=C(C1NNC2CCCCC21)N1CCC(COc2ccc3nccn3n2)CC1. The molecule has 4 heterocycles. The van der Waals surface area contributed by atoms with E-state index in [1.54, 1.807) is 10.7 Å². The van der Waals surface area contributed by atoms with Crippen molar-refractivity contribution >= 4 is 11.6 Å². The predicted molar refractivity (Wildman–Crippen MR) is 104 cm³/mol. The van der Waals surface area contributed by atoms with Gasteiger partial charge in [-0.05, 0) is 37.7 Å². The quantitative estimate of drug-likeness (QED) is 0.829. The number of hydrogen-bond donors (Lipinski definition) is 2. The standard InChI is InChI=1S/C20H28N6O2/c27-20(19-15-3-1-2-4-16(15)22-23-19)25-10-7-14(8-11-25)13-28-18-6-5-17-21-9-12-26(17)24-18/h5-6,9,12,14-16,19,22-23H,1-4,7-8,10-11,13H2. The van der Waals surface area contributed by atoms with Gasteiger partial charge in [-0.3, -0.25) is 10.2 Å². The van der Waals surface area contributed by atoms with Crippen molar-refractivity contribution in [2.24, 2.45) is 11.8 Å². The van der Waals surface area contributed by atoms with Crippen molar-refractivity contribution in [1.29, 1.82) is 0 Å². The van der Waals surface area contributed by atoms with Gasteiger partial charge >= 0.3 is 0 Å². The molecular weight excluding hydrogens is 356 g/mol. The van der Waals surface area contributed by atoms with Crippen LogP contribution in [0.5, 0.6) is 5.88 Å². The number of fused-ring (bicyclic) bond motifs is 2. The van der Waals surface area contributed by atoms with Crippen molar-refractivity contribution in [1.82, 2.24) is 30.3 Å². The van der Waals surface area contributed by atoms with E-state index in [-0.39, 0.29) is 11.9 Å². The number of nitrogens with zero attached hydrogens (tertiary/aromatic N) is 4. The third-order valence-electron chi connectivity index (χ3n) is 6.56. The number of hydrazine groups is 1. The highest BCUT2D eigenvalue weighted by atomic mass is 16.5. The number of nitrogens with one attached hydrogen (secondary N) is 2. The molecule has 5 rings (SSSR count). The number of amides is 1. The number of imidazole rings is 1. The molecule has 3 atom stereocenters. The summed E-state index contributed by atoms with van der Waals surface area (Å²) in [5.41, 5.74) is 7.45. The summed E-state index contributed by atoms with van der Waals surface area (Å²) in [6.07, 6.45) is 10.3. The van der Waals surface area contributed by atoms with Crippen LogP contribution in [0.15, 0.2) is 24.5 Å². The van der Waals surface area contributed by atoms with E-state index in [0.717, 1.165) is 38.0 Å². The Kier molecular flexibility index (Phi) is 4.90. The van der Waals surface area contributed by atoms with Crippen LogP contribution in [0.1, 0.15) is 38.5 Å². The fourth-order valence-corrected chi connectivity index (χ4v) is 4.88. The van der Waals surface area contributed by atoms with Crippen LogP contribution in [0.3, 0.4) is 0 Å². The first-order valence-electron chi connectivity index (χ1n) is 10.5. The van der Waals surface area contributed by atoms with E-state index >= 15 is 0 Å². The fraction of sp³-hybridized carbons (Fsp3) is 0.650. The van der Waals surface area contributed by atoms with Crippen molar-refractivity contribution in [3.05, 3.63) is 24.5 Å². The van der Waals surface area contributed by atoms with Crippen molar-refractivity contribution in [2.75, 3.05) is 19.7 Å². The Bertz CT molecular complexity index is 831. The number of ether oxygens (including phenoxy) is 1. The highest BCUT2D eigenvalue weighted by Gasteiger charge is 2.42. The van der Waals surface area contributed by atoms with E-state index in [1.807, 2.05) is 23.2 Å². The molecule has 1 saturated carbocycles. The zero-order valence-corrected chi connectivity index (χ0v) is 16.1. The van der Waals surface area contributed by atoms with Crippen LogP contribution in [-0.2, 0) is 4.79 Å². The second-order valence-corrected chi connectivity index (χ2v) is 8.30. The molecule has 1 aliphatic carbocycles. The number of hydrogen-bond acceptors (Lipinski definition) is 6. The lowest BCUT2D eigenvalue weighted by atomic mass is 9.81. The molecule has 2 aromatic heterocycles. The molecule has 0 spiro atoms. The third kappa shape index (κ3) is 3.46. The lowest BCUT2D eigenvalue weighted by molar-refractivity contribution is -0.135. The molecular formula is C20H28N6O2. The molecule has 3 fully saturated rings. The van der Waals surface area contributed by atoms with E-state index in [2.05, 4.69) is 20.9 Å². The Balaban J connectivity index is 1.11. The molecule has 2 aromatic rings. The summed E-state index contributed by atoms with van der Waals surface area (Å²) in [7, 11) is 0. The maximum Gasteiger partial charge on any atom is 0.241 e. The number of aromatic nitrogens is 3. The largest absolute Gasteiger partial charge is 0.476 e. The van der Waals surface area contributed by atoms with Crippen LogP contribution in [0.25, 0.3) is 5.65 Å². The minimum absolute atomic E-state index is 0.0517. The summed E-state index contributed by atoms with van der Waals surface area (Å²) in [6, 6.07) is 4.18. The number of likely N-dealkylation sites (tertiary alicyclic amines) is 1. The molecule has 28 heavy (non-hydrogen) atoms. The van der Waals surface area contributed by atoms with E-state index < -0.39 is 0 Å². The molecule has 1 amide bonds. The minimum Gasteiger partial charge on any atom is -0.476 e. The van der Waals surface area contributed by atoms with Crippen molar-refractivity contribution in [3.8, 4) is 5.88 Å². The van der Waals surface area contributed by atoms with Gasteiger partial charge in [-0.25, -0.2) is 14.9 Å². The number of carbonyl (C=O) groups is 1. The number of piperidine rings is 1. The van der Waals surface area contributed by atoms with E-state index in [9.17, 15) is 4.79 Å². The molecule has 8 heteroatoms. The van der Waals surface area contributed by atoms with Gasteiger partial charge in [-0.15, -0.1) is 5.10 Å². The van der Waals surface area contributed by atoms with Gasteiger partial charge < -0.3 is 9.64 Å². The molecule has 8 nitrogen and oxygen atoms in total. The summed E-state index contributed by atoms with van der Waals surface area (Å²) in [6.45, 7) is 2.27. The maximum atomic E-state index is 13.0. The second kappa shape index (κ2) is 7.67.